The highest BCUT2D eigenvalue weighted by molar-refractivity contribution is 5.81. The molecule has 21 heavy (non-hydrogen) atoms. The van der Waals surface area contributed by atoms with Crippen LogP contribution in [0.1, 0.15) is 19.8 Å². The third-order valence-corrected chi connectivity index (χ3v) is 3.92. The second-order valence-corrected chi connectivity index (χ2v) is 5.17. The van der Waals surface area contributed by atoms with E-state index in [0.29, 0.717) is 6.61 Å². The van der Waals surface area contributed by atoms with Gasteiger partial charge in [-0.15, -0.1) is 0 Å². The first-order valence-electron chi connectivity index (χ1n) is 7.39. The number of hydrogen-bond acceptors (Lipinski definition) is 5. The first-order chi connectivity index (χ1) is 10.2. The quantitative estimate of drug-likeness (QED) is 0.839. The van der Waals surface area contributed by atoms with Crippen molar-refractivity contribution >= 4 is 11.7 Å². The van der Waals surface area contributed by atoms with Crippen LogP contribution in [0.3, 0.4) is 0 Å². The van der Waals surface area contributed by atoms with Crippen molar-refractivity contribution in [1.29, 1.82) is 0 Å². The topological polar surface area (TPSA) is 59.0 Å². The largest absolute Gasteiger partial charge is 0.497 e. The normalized spacial score (nSPS) is 22.0. The molecule has 1 aromatic carbocycles. The number of carbonyl (C=O) groups is 1. The molecule has 1 aliphatic heterocycles. The predicted molar refractivity (Wildman–Crippen MR) is 80.6 cm³/mol. The van der Waals surface area contributed by atoms with Gasteiger partial charge in [0.1, 0.15) is 11.8 Å². The molecule has 1 saturated heterocycles. The van der Waals surface area contributed by atoms with Gasteiger partial charge >= 0.3 is 5.97 Å². The van der Waals surface area contributed by atoms with Gasteiger partial charge in [0.15, 0.2) is 0 Å². The third kappa shape index (κ3) is 3.47. The number of aliphatic hydroxyl groups is 1. The number of carbonyl (C=O) groups excluding carboxylic acids is 1. The van der Waals surface area contributed by atoms with Gasteiger partial charge in [0.2, 0.25) is 0 Å². The molecule has 0 amide bonds. The lowest BCUT2D eigenvalue weighted by Gasteiger charge is -2.40. The van der Waals surface area contributed by atoms with E-state index >= 15 is 0 Å². The van der Waals surface area contributed by atoms with E-state index < -0.39 is 6.04 Å². The summed E-state index contributed by atoms with van der Waals surface area (Å²) in [6.45, 7) is 2.93. The summed E-state index contributed by atoms with van der Waals surface area (Å²) >= 11 is 0. The Labute approximate surface area is 125 Å². The fourth-order valence-corrected chi connectivity index (χ4v) is 2.88. The van der Waals surface area contributed by atoms with E-state index in [9.17, 15) is 9.90 Å². The Balaban J connectivity index is 2.25. The van der Waals surface area contributed by atoms with Gasteiger partial charge in [0.25, 0.3) is 0 Å². The van der Waals surface area contributed by atoms with Gasteiger partial charge in [0, 0.05) is 24.8 Å². The lowest BCUT2D eigenvalue weighted by Crippen LogP contribution is -2.52. The van der Waals surface area contributed by atoms with Crippen molar-refractivity contribution in [1.82, 2.24) is 0 Å². The van der Waals surface area contributed by atoms with Gasteiger partial charge in [0.05, 0.1) is 13.7 Å². The van der Waals surface area contributed by atoms with Crippen LogP contribution in [0.4, 0.5) is 5.69 Å². The second-order valence-electron chi connectivity index (χ2n) is 5.17. The molecule has 0 bridgehead atoms. The van der Waals surface area contributed by atoms with Crippen molar-refractivity contribution in [2.24, 2.45) is 5.92 Å². The zero-order valence-electron chi connectivity index (χ0n) is 12.6. The monoisotopic (exact) mass is 293 g/mol. The molecule has 2 atom stereocenters. The SMILES string of the molecule is CCOC(=O)[C@@H]1[C@@H](CO)CCCN1c1ccc(OC)cc1. The average molecular weight is 293 g/mol. The molecule has 1 aromatic rings. The average Bonchev–Trinajstić information content (AvgIpc) is 2.54. The van der Waals surface area contributed by atoms with Gasteiger partial charge in [-0.05, 0) is 44.0 Å². The molecule has 5 heteroatoms. The summed E-state index contributed by atoms with van der Waals surface area (Å²) in [6, 6.07) is 7.20. The predicted octanol–water partition coefficient (Wildman–Crippen LogP) is 1.84. The Morgan fingerprint density at radius 1 is 1.38 bits per heavy atom. The highest BCUT2D eigenvalue weighted by atomic mass is 16.5. The molecule has 5 nitrogen and oxygen atoms in total. The number of nitrogens with zero attached hydrogens (tertiary/aromatic N) is 1. The highest BCUT2D eigenvalue weighted by Gasteiger charge is 2.37. The number of aliphatic hydroxyl groups excluding tert-OH is 1. The minimum atomic E-state index is -0.419. The van der Waals surface area contributed by atoms with E-state index in [1.54, 1.807) is 14.0 Å². The number of piperidine rings is 1. The van der Waals surface area contributed by atoms with Gasteiger partial charge < -0.3 is 19.5 Å². The van der Waals surface area contributed by atoms with Crippen LogP contribution in [0.15, 0.2) is 24.3 Å². The Hall–Kier alpha value is -1.75. The molecule has 1 fully saturated rings. The molecule has 0 radical (unpaired) electrons. The number of hydrogen-bond donors (Lipinski definition) is 1. The minimum absolute atomic E-state index is 0.00383. The van der Waals surface area contributed by atoms with Crippen LogP contribution in [0.25, 0.3) is 0 Å². The van der Waals surface area contributed by atoms with Crippen LogP contribution in [0.5, 0.6) is 5.75 Å². The van der Waals surface area contributed by atoms with Crippen molar-refractivity contribution in [2.75, 3.05) is 31.8 Å². The molecule has 0 aliphatic carbocycles. The van der Waals surface area contributed by atoms with E-state index in [-0.39, 0.29) is 18.5 Å². The van der Waals surface area contributed by atoms with Gasteiger partial charge in [-0.2, -0.15) is 0 Å². The van der Waals surface area contributed by atoms with Crippen LogP contribution >= 0.6 is 0 Å². The van der Waals surface area contributed by atoms with Crippen molar-refractivity contribution in [2.45, 2.75) is 25.8 Å². The second kappa shape index (κ2) is 7.31. The van der Waals surface area contributed by atoms with Gasteiger partial charge in [-0.25, -0.2) is 4.79 Å². The highest BCUT2D eigenvalue weighted by Crippen LogP contribution is 2.30. The molecule has 0 aromatic heterocycles. The lowest BCUT2D eigenvalue weighted by atomic mass is 9.89. The molecule has 0 saturated carbocycles. The molecule has 0 spiro atoms. The van der Waals surface area contributed by atoms with E-state index in [2.05, 4.69) is 0 Å². The Kier molecular flexibility index (Phi) is 5.44. The smallest absolute Gasteiger partial charge is 0.329 e. The van der Waals surface area contributed by atoms with Crippen LogP contribution in [0, 0.1) is 5.92 Å². The van der Waals surface area contributed by atoms with Crippen molar-refractivity contribution in [3.05, 3.63) is 24.3 Å². The molecule has 1 aliphatic rings. The van der Waals surface area contributed by atoms with Crippen molar-refractivity contribution in [3.63, 3.8) is 0 Å². The molecule has 116 valence electrons. The fraction of sp³-hybridized carbons (Fsp3) is 0.562. The molecular formula is C16H23NO4. The summed E-state index contributed by atoms with van der Waals surface area (Å²) in [5.41, 5.74) is 0.951. The Morgan fingerprint density at radius 3 is 2.67 bits per heavy atom. The van der Waals surface area contributed by atoms with Gasteiger partial charge in [-0.3, -0.25) is 0 Å². The van der Waals surface area contributed by atoms with Crippen molar-refractivity contribution < 1.29 is 19.4 Å². The lowest BCUT2D eigenvalue weighted by molar-refractivity contribution is -0.147. The molecule has 1 N–H and O–H groups in total. The Morgan fingerprint density at radius 2 is 2.10 bits per heavy atom. The van der Waals surface area contributed by atoms with Crippen molar-refractivity contribution in [3.8, 4) is 5.75 Å². The van der Waals surface area contributed by atoms with E-state index in [1.165, 1.54) is 0 Å². The zero-order chi connectivity index (χ0) is 15.2. The fourth-order valence-electron chi connectivity index (χ4n) is 2.88. The van der Waals surface area contributed by atoms with E-state index in [1.807, 2.05) is 29.2 Å². The number of ether oxygens (including phenoxy) is 2. The maximum Gasteiger partial charge on any atom is 0.329 e. The number of rotatable bonds is 5. The number of anilines is 1. The number of benzene rings is 1. The van der Waals surface area contributed by atoms with Crippen LogP contribution < -0.4 is 9.64 Å². The Bertz CT molecular complexity index is 460. The summed E-state index contributed by atoms with van der Waals surface area (Å²) in [4.78, 5) is 14.3. The zero-order valence-corrected chi connectivity index (χ0v) is 12.6. The summed E-state index contributed by atoms with van der Waals surface area (Å²) in [5.74, 6) is 0.439. The summed E-state index contributed by atoms with van der Waals surface area (Å²) < 4.78 is 10.4. The maximum atomic E-state index is 12.3. The molecular weight excluding hydrogens is 270 g/mol. The molecule has 1 heterocycles. The number of esters is 1. The summed E-state index contributed by atoms with van der Waals surface area (Å²) in [7, 11) is 1.62. The standard InChI is InChI=1S/C16H23NO4/c1-3-21-16(19)15-12(11-18)5-4-10-17(15)13-6-8-14(20-2)9-7-13/h6-9,12,15,18H,3-5,10-11H2,1-2H3/t12-,15+/m1/s1. The van der Waals surface area contributed by atoms with E-state index in [4.69, 9.17) is 9.47 Å². The van der Waals surface area contributed by atoms with Gasteiger partial charge in [-0.1, -0.05) is 0 Å². The first kappa shape index (κ1) is 15.6. The molecule has 0 unspecified atom stereocenters. The minimum Gasteiger partial charge on any atom is -0.497 e. The molecule has 2 rings (SSSR count). The number of methoxy groups -OCH3 is 1. The third-order valence-electron chi connectivity index (χ3n) is 3.92. The van der Waals surface area contributed by atoms with E-state index in [0.717, 1.165) is 30.8 Å². The maximum absolute atomic E-state index is 12.3. The van der Waals surface area contributed by atoms with Crippen LogP contribution in [0.2, 0.25) is 0 Å². The summed E-state index contributed by atoms with van der Waals surface area (Å²) in [6.07, 6.45) is 1.79. The summed E-state index contributed by atoms with van der Waals surface area (Å²) in [5, 5.41) is 9.57. The van der Waals surface area contributed by atoms with Crippen LogP contribution in [-0.4, -0.2) is 44.0 Å². The first-order valence-corrected chi connectivity index (χ1v) is 7.39. The van der Waals surface area contributed by atoms with Crippen LogP contribution in [-0.2, 0) is 9.53 Å².